The van der Waals surface area contributed by atoms with Crippen LogP contribution in [0.15, 0.2) is 17.4 Å². The van der Waals surface area contributed by atoms with E-state index in [0.717, 1.165) is 18.7 Å². The van der Waals surface area contributed by atoms with Gasteiger partial charge in [-0.3, -0.25) is 4.57 Å². The minimum absolute atomic E-state index is 0.0400. The summed E-state index contributed by atoms with van der Waals surface area (Å²) in [5.41, 5.74) is -0.0400. The van der Waals surface area contributed by atoms with Crippen LogP contribution in [-0.2, 0) is 13.6 Å². The third-order valence-corrected chi connectivity index (χ3v) is 2.29. The van der Waals surface area contributed by atoms with E-state index in [9.17, 15) is 4.79 Å². The van der Waals surface area contributed by atoms with Crippen LogP contribution in [0.4, 0.5) is 0 Å². The van der Waals surface area contributed by atoms with E-state index in [1.165, 1.54) is 4.68 Å². The van der Waals surface area contributed by atoms with Crippen molar-refractivity contribution in [1.82, 2.24) is 14.3 Å². The Morgan fingerprint density at radius 3 is 2.92 bits per heavy atom. The smallest absolute Gasteiger partial charge is 0.275 e. The lowest BCUT2D eigenvalue weighted by Crippen LogP contribution is -2.22. The van der Waals surface area contributed by atoms with Crippen molar-refractivity contribution in [3.05, 3.63) is 29.0 Å². The van der Waals surface area contributed by atoms with Gasteiger partial charge in [0.05, 0.1) is 0 Å². The first-order valence-electron chi connectivity index (χ1n) is 4.48. The fourth-order valence-corrected chi connectivity index (χ4v) is 1.47. The quantitative estimate of drug-likeness (QED) is 0.639. The second-order valence-electron chi connectivity index (χ2n) is 3.44. The van der Waals surface area contributed by atoms with Crippen LogP contribution in [0.2, 0.25) is 0 Å². The molecule has 1 heterocycles. The second-order valence-corrected chi connectivity index (χ2v) is 3.44. The third kappa shape index (κ3) is 1.32. The number of rotatable bonds is 3. The largest absolute Gasteiger partial charge is 0.345 e. The highest BCUT2D eigenvalue weighted by Crippen LogP contribution is 2.38. The third-order valence-electron chi connectivity index (χ3n) is 2.29. The summed E-state index contributed by atoms with van der Waals surface area (Å²) >= 11 is 0. The van der Waals surface area contributed by atoms with Crippen molar-refractivity contribution < 1.29 is 0 Å². The molecule has 1 fully saturated rings. The Kier molecular flexibility index (Phi) is 1.83. The molecule has 70 valence electrons. The molecule has 4 nitrogen and oxygen atoms in total. The highest BCUT2D eigenvalue weighted by molar-refractivity contribution is 5.05. The molecule has 0 aromatic carbocycles. The monoisotopic (exact) mass is 179 g/mol. The Hall–Kier alpha value is -1.32. The molecule has 4 heteroatoms. The summed E-state index contributed by atoms with van der Waals surface area (Å²) in [5, 5.41) is 4.21. The Labute approximate surface area is 76.5 Å². The van der Waals surface area contributed by atoms with Crippen LogP contribution in [0, 0.1) is 0 Å². The molecule has 0 spiro atoms. The minimum atomic E-state index is -0.0400. The number of nitrogens with zero attached hydrogens (tertiary/aromatic N) is 3. The predicted molar refractivity (Wildman–Crippen MR) is 49.6 cm³/mol. The van der Waals surface area contributed by atoms with Crippen molar-refractivity contribution in [3.8, 4) is 0 Å². The van der Waals surface area contributed by atoms with Crippen molar-refractivity contribution in [2.24, 2.45) is 7.05 Å². The summed E-state index contributed by atoms with van der Waals surface area (Å²) in [6.07, 6.45) is 4.05. The highest BCUT2D eigenvalue weighted by atomic mass is 16.2. The van der Waals surface area contributed by atoms with E-state index in [4.69, 9.17) is 0 Å². The van der Waals surface area contributed by atoms with E-state index in [-0.39, 0.29) is 5.69 Å². The minimum Gasteiger partial charge on any atom is -0.275 e. The van der Waals surface area contributed by atoms with E-state index >= 15 is 0 Å². The first kappa shape index (κ1) is 8.29. The maximum atomic E-state index is 11.5. The normalized spacial score (nSPS) is 16.1. The van der Waals surface area contributed by atoms with Crippen LogP contribution in [0.25, 0.3) is 0 Å². The molecule has 0 N–H and O–H groups in total. The SMILES string of the molecule is C=CCn1c(C2CC2)nn(C)c1=O. The van der Waals surface area contributed by atoms with Gasteiger partial charge in [-0.1, -0.05) is 6.08 Å². The van der Waals surface area contributed by atoms with Crippen LogP contribution in [0.3, 0.4) is 0 Å². The average Bonchev–Trinajstić information content (AvgIpc) is 2.89. The van der Waals surface area contributed by atoms with Crippen molar-refractivity contribution in [3.63, 3.8) is 0 Å². The molecule has 1 aromatic rings. The zero-order valence-corrected chi connectivity index (χ0v) is 7.73. The first-order valence-corrected chi connectivity index (χ1v) is 4.48. The highest BCUT2D eigenvalue weighted by Gasteiger charge is 2.29. The molecule has 0 atom stereocenters. The van der Waals surface area contributed by atoms with Gasteiger partial charge in [0.15, 0.2) is 0 Å². The van der Waals surface area contributed by atoms with Crippen molar-refractivity contribution >= 4 is 0 Å². The lowest BCUT2D eigenvalue weighted by atomic mass is 10.4. The molecule has 0 saturated heterocycles. The number of hydrogen-bond donors (Lipinski definition) is 0. The lowest BCUT2D eigenvalue weighted by Gasteiger charge is -1.98. The topological polar surface area (TPSA) is 39.8 Å². The molecule has 0 radical (unpaired) electrons. The first-order chi connectivity index (χ1) is 6.24. The molecular formula is C9H13N3O. The summed E-state index contributed by atoms with van der Waals surface area (Å²) in [4.78, 5) is 11.5. The Morgan fingerprint density at radius 2 is 2.38 bits per heavy atom. The molecule has 0 bridgehead atoms. The summed E-state index contributed by atoms with van der Waals surface area (Å²) in [6, 6.07) is 0. The maximum absolute atomic E-state index is 11.5. The molecule has 2 rings (SSSR count). The van der Waals surface area contributed by atoms with Gasteiger partial charge in [-0.2, -0.15) is 5.10 Å². The van der Waals surface area contributed by atoms with Gasteiger partial charge in [0.1, 0.15) is 5.82 Å². The molecule has 0 aliphatic heterocycles. The molecule has 1 saturated carbocycles. The number of hydrogen-bond acceptors (Lipinski definition) is 2. The molecule has 0 unspecified atom stereocenters. The molecule has 1 aromatic heterocycles. The summed E-state index contributed by atoms with van der Waals surface area (Å²) in [6.45, 7) is 4.20. The van der Waals surface area contributed by atoms with E-state index in [1.807, 2.05) is 0 Å². The lowest BCUT2D eigenvalue weighted by molar-refractivity contribution is 0.695. The Bertz CT molecular complexity index is 384. The fourth-order valence-electron chi connectivity index (χ4n) is 1.47. The molecule has 1 aliphatic rings. The predicted octanol–water partition coefficient (Wildman–Crippen LogP) is 0.645. The molecule has 0 amide bonds. The second kappa shape index (κ2) is 2.87. The van der Waals surface area contributed by atoms with E-state index in [2.05, 4.69) is 11.7 Å². The Morgan fingerprint density at radius 1 is 1.69 bits per heavy atom. The zero-order valence-electron chi connectivity index (χ0n) is 7.73. The average molecular weight is 179 g/mol. The van der Waals surface area contributed by atoms with Crippen molar-refractivity contribution in [2.45, 2.75) is 25.3 Å². The van der Waals surface area contributed by atoms with Crippen molar-refractivity contribution in [1.29, 1.82) is 0 Å². The summed E-state index contributed by atoms with van der Waals surface area (Å²) in [5.74, 6) is 1.43. The van der Waals surface area contributed by atoms with Crippen LogP contribution < -0.4 is 5.69 Å². The summed E-state index contributed by atoms with van der Waals surface area (Å²) in [7, 11) is 1.69. The van der Waals surface area contributed by atoms with Gasteiger partial charge >= 0.3 is 5.69 Å². The van der Waals surface area contributed by atoms with Crippen molar-refractivity contribution in [2.75, 3.05) is 0 Å². The summed E-state index contributed by atoms with van der Waals surface area (Å²) < 4.78 is 3.10. The van der Waals surface area contributed by atoms with E-state index in [0.29, 0.717) is 12.5 Å². The van der Waals surface area contributed by atoms with Gasteiger partial charge in [0.2, 0.25) is 0 Å². The maximum Gasteiger partial charge on any atom is 0.345 e. The zero-order chi connectivity index (χ0) is 9.42. The van der Waals surface area contributed by atoms with Crippen LogP contribution in [0.1, 0.15) is 24.6 Å². The Balaban J connectivity index is 2.47. The molecular weight excluding hydrogens is 166 g/mol. The van der Waals surface area contributed by atoms with Crippen LogP contribution >= 0.6 is 0 Å². The molecule has 13 heavy (non-hydrogen) atoms. The molecule has 1 aliphatic carbocycles. The van der Waals surface area contributed by atoms with Gasteiger partial charge in [0, 0.05) is 19.5 Å². The van der Waals surface area contributed by atoms with Gasteiger partial charge in [0.25, 0.3) is 0 Å². The number of aromatic nitrogens is 3. The fraction of sp³-hybridized carbons (Fsp3) is 0.556. The van der Waals surface area contributed by atoms with Gasteiger partial charge < -0.3 is 0 Å². The van der Waals surface area contributed by atoms with Gasteiger partial charge in [-0.15, -0.1) is 6.58 Å². The van der Waals surface area contributed by atoms with Crippen LogP contribution in [-0.4, -0.2) is 14.3 Å². The van der Waals surface area contributed by atoms with Gasteiger partial charge in [-0.05, 0) is 12.8 Å². The van der Waals surface area contributed by atoms with E-state index in [1.54, 1.807) is 17.7 Å². The standard InChI is InChI=1S/C9H13N3O/c1-3-6-12-8(7-4-5-7)10-11(2)9(12)13/h3,7H,1,4-6H2,2H3. The number of allylic oxidation sites excluding steroid dienone is 1. The van der Waals surface area contributed by atoms with E-state index < -0.39 is 0 Å². The number of aryl methyl sites for hydroxylation is 1. The van der Waals surface area contributed by atoms with Crippen LogP contribution in [0.5, 0.6) is 0 Å². The van der Waals surface area contributed by atoms with Gasteiger partial charge in [-0.25, -0.2) is 9.48 Å².